The summed E-state index contributed by atoms with van der Waals surface area (Å²) in [4.78, 5) is 30.4. The van der Waals surface area contributed by atoms with Gasteiger partial charge in [-0.25, -0.2) is 0 Å². The zero-order valence-electron chi connectivity index (χ0n) is 22.0. The van der Waals surface area contributed by atoms with E-state index in [-0.39, 0.29) is 11.9 Å². The Labute approximate surface area is 224 Å². The predicted octanol–water partition coefficient (Wildman–Crippen LogP) is 4.56. The van der Waals surface area contributed by atoms with Crippen molar-refractivity contribution in [3.8, 4) is 0 Å². The van der Waals surface area contributed by atoms with Crippen LogP contribution >= 0.6 is 0 Å². The van der Waals surface area contributed by atoms with Crippen LogP contribution in [0.2, 0.25) is 0 Å². The van der Waals surface area contributed by atoms with Crippen molar-refractivity contribution in [2.75, 3.05) is 26.2 Å². The van der Waals surface area contributed by atoms with E-state index >= 15 is 0 Å². The normalized spacial score (nSPS) is 18.6. The van der Waals surface area contributed by atoms with Gasteiger partial charge in [0.2, 0.25) is 0 Å². The third-order valence-electron chi connectivity index (χ3n) is 7.72. The number of hydrogen-bond acceptors (Lipinski definition) is 4. The van der Waals surface area contributed by atoms with E-state index in [0.29, 0.717) is 18.0 Å². The Balaban J connectivity index is 1.22. The third kappa shape index (κ3) is 5.57. The summed E-state index contributed by atoms with van der Waals surface area (Å²) >= 11 is 0. The summed E-state index contributed by atoms with van der Waals surface area (Å²) < 4.78 is 0. The maximum Gasteiger partial charge on any atom is 0.258 e. The molecule has 0 aliphatic carbocycles. The van der Waals surface area contributed by atoms with Gasteiger partial charge in [0.1, 0.15) is 0 Å². The van der Waals surface area contributed by atoms with Gasteiger partial charge in [0.15, 0.2) is 6.10 Å². The highest BCUT2D eigenvalue weighted by Crippen LogP contribution is 2.32. The second-order valence-electron chi connectivity index (χ2n) is 10.4. The summed E-state index contributed by atoms with van der Waals surface area (Å²) in [6.07, 6.45) is 1.56. The monoisotopic (exact) mass is 509 g/mol. The van der Waals surface area contributed by atoms with Crippen LogP contribution in [0, 0.1) is 19.8 Å². The van der Waals surface area contributed by atoms with Gasteiger partial charge < -0.3 is 15.3 Å². The summed E-state index contributed by atoms with van der Waals surface area (Å²) in [5.74, 6) is 0.0255. The Kier molecular flexibility index (Phi) is 7.72. The minimum atomic E-state index is -1.21. The van der Waals surface area contributed by atoms with Crippen molar-refractivity contribution < 1.29 is 14.7 Å². The van der Waals surface area contributed by atoms with Crippen LogP contribution in [-0.2, 0) is 4.79 Å². The van der Waals surface area contributed by atoms with Crippen molar-refractivity contribution in [2.24, 2.45) is 5.92 Å². The van der Waals surface area contributed by atoms with Crippen LogP contribution in [-0.4, -0.2) is 52.9 Å². The zero-order chi connectivity index (χ0) is 26.6. The first-order valence-corrected chi connectivity index (χ1v) is 13.3. The topological polar surface area (TPSA) is 72.9 Å². The van der Waals surface area contributed by atoms with E-state index in [4.69, 9.17) is 0 Å². The number of likely N-dealkylation sites (tertiary alicyclic amines) is 1. The van der Waals surface area contributed by atoms with Gasteiger partial charge in [0.05, 0.1) is 6.04 Å². The molecule has 2 amide bonds. The first-order valence-electron chi connectivity index (χ1n) is 13.3. The van der Waals surface area contributed by atoms with Crippen molar-refractivity contribution >= 4 is 11.8 Å². The van der Waals surface area contributed by atoms with Gasteiger partial charge in [-0.1, -0.05) is 78.9 Å². The summed E-state index contributed by atoms with van der Waals surface area (Å²) in [6, 6.07) is 24.7. The Hall–Kier alpha value is -3.74. The molecule has 2 aliphatic rings. The average Bonchev–Trinajstić information content (AvgIpc) is 3.50. The number of aliphatic hydroxyl groups is 1. The lowest BCUT2D eigenvalue weighted by Gasteiger charge is -2.25. The summed E-state index contributed by atoms with van der Waals surface area (Å²) in [5.41, 5.74) is 5.72. The average molecular weight is 510 g/mol. The second-order valence-corrected chi connectivity index (χ2v) is 10.4. The summed E-state index contributed by atoms with van der Waals surface area (Å²) in [5, 5.41) is 13.7. The fraction of sp³-hybridized carbons (Fsp3) is 0.312. The molecule has 0 bridgehead atoms. The molecule has 0 spiro atoms. The van der Waals surface area contributed by atoms with E-state index in [9.17, 15) is 14.7 Å². The van der Waals surface area contributed by atoms with Crippen molar-refractivity contribution in [2.45, 2.75) is 32.4 Å². The molecule has 2 aliphatic heterocycles. The second kappa shape index (κ2) is 11.3. The lowest BCUT2D eigenvalue weighted by atomic mass is 10.0. The Morgan fingerprint density at radius 2 is 1.53 bits per heavy atom. The molecule has 3 atom stereocenters. The minimum Gasteiger partial charge on any atom is -0.378 e. The molecule has 6 nitrogen and oxygen atoms in total. The van der Waals surface area contributed by atoms with Crippen LogP contribution in [0.4, 0.5) is 0 Å². The van der Waals surface area contributed by atoms with Gasteiger partial charge in [-0.15, -0.1) is 0 Å². The lowest BCUT2D eigenvalue weighted by Crippen LogP contribution is -2.35. The molecule has 1 saturated heterocycles. The van der Waals surface area contributed by atoms with E-state index < -0.39 is 12.0 Å². The number of carbonyl (C=O) groups excluding carboxylic acids is 2. The standard InChI is InChI=1S/C32H35N3O3/c1-22-10-9-11-23(2)29(22)32(38)35-20-26-18-34(19-27(26)21-35)17-16-28(24-12-5-3-6-13-24)33-31(37)30(36)25-14-7-4-8-15-25/h3-15,20,27-28,30,36H,16-19,21H2,1-2H3,(H,33,37)/t27?,28-,30?/m0/s1. The lowest BCUT2D eigenvalue weighted by molar-refractivity contribution is -0.130. The van der Waals surface area contributed by atoms with Gasteiger partial charge in [0.25, 0.3) is 11.8 Å². The van der Waals surface area contributed by atoms with Crippen molar-refractivity contribution in [1.82, 2.24) is 15.1 Å². The summed E-state index contributed by atoms with van der Waals surface area (Å²) in [6.45, 7) is 7.22. The Bertz CT molecular complexity index is 1300. The number of aryl methyl sites for hydroxylation is 2. The first-order chi connectivity index (χ1) is 18.4. The highest BCUT2D eigenvalue weighted by Gasteiger charge is 2.36. The van der Waals surface area contributed by atoms with E-state index in [1.54, 1.807) is 12.1 Å². The molecule has 0 aromatic heterocycles. The van der Waals surface area contributed by atoms with Gasteiger partial charge >= 0.3 is 0 Å². The molecule has 196 valence electrons. The molecule has 2 N–H and O–H groups in total. The van der Waals surface area contributed by atoms with Crippen LogP contribution in [0.25, 0.3) is 0 Å². The number of amides is 2. The van der Waals surface area contributed by atoms with Gasteiger partial charge in [-0.05, 0) is 48.1 Å². The molecular formula is C32H35N3O3. The number of carbonyl (C=O) groups is 2. The van der Waals surface area contributed by atoms with Crippen molar-refractivity contribution in [1.29, 1.82) is 0 Å². The number of rotatable bonds is 8. The maximum atomic E-state index is 13.2. The highest BCUT2D eigenvalue weighted by molar-refractivity contribution is 5.98. The van der Waals surface area contributed by atoms with Crippen LogP contribution in [0.3, 0.4) is 0 Å². The number of benzene rings is 3. The van der Waals surface area contributed by atoms with Gasteiger partial charge in [-0.3, -0.25) is 14.5 Å². The molecule has 3 aromatic rings. The molecule has 5 rings (SSSR count). The molecule has 2 heterocycles. The van der Waals surface area contributed by atoms with E-state index in [0.717, 1.165) is 48.3 Å². The quantitative estimate of drug-likeness (QED) is 0.467. The van der Waals surface area contributed by atoms with Gasteiger partial charge in [-0.2, -0.15) is 0 Å². The first kappa shape index (κ1) is 25.9. The molecule has 6 heteroatoms. The zero-order valence-corrected chi connectivity index (χ0v) is 22.0. The number of nitrogens with one attached hydrogen (secondary N) is 1. The molecule has 2 unspecified atom stereocenters. The third-order valence-corrected chi connectivity index (χ3v) is 7.72. The molecule has 0 saturated carbocycles. The van der Waals surface area contributed by atoms with Gasteiger partial charge in [0, 0.05) is 43.9 Å². The van der Waals surface area contributed by atoms with Crippen molar-refractivity contribution in [3.63, 3.8) is 0 Å². The molecule has 0 radical (unpaired) electrons. The largest absolute Gasteiger partial charge is 0.378 e. The fourth-order valence-corrected chi connectivity index (χ4v) is 5.66. The summed E-state index contributed by atoms with van der Waals surface area (Å²) in [7, 11) is 0. The SMILES string of the molecule is Cc1cccc(C)c1C(=O)N1C=C2CN(CC[C@H](NC(=O)C(O)c3ccccc3)c3ccccc3)CC2C1. The van der Waals surface area contributed by atoms with Crippen molar-refractivity contribution in [3.05, 3.63) is 118 Å². The number of fused-ring (bicyclic) bond motifs is 1. The molecule has 1 fully saturated rings. The van der Waals surface area contributed by atoms with Crippen LogP contribution < -0.4 is 5.32 Å². The molecule has 3 aromatic carbocycles. The maximum absolute atomic E-state index is 13.2. The van der Waals surface area contributed by atoms with E-state index in [2.05, 4.69) is 10.2 Å². The smallest absolute Gasteiger partial charge is 0.258 e. The number of hydrogen-bond donors (Lipinski definition) is 2. The fourth-order valence-electron chi connectivity index (χ4n) is 5.66. The van der Waals surface area contributed by atoms with Crippen LogP contribution in [0.15, 0.2) is 90.6 Å². The Morgan fingerprint density at radius 3 is 2.16 bits per heavy atom. The van der Waals surface area contributed by atoms with E-state index in [1.165, 1.54) is 5.57 Å². The van der Waals surface area contributed by atoms with E-state index in [1.807, 2.05) is 91.7 Å². The number of nitrogens with zero attached hydrogens (tertiary/aromatic N) is 2. The van der Waals surface area contributed by atoms with Crippen LogP contribution in [0.5, 0.6) is 0 Å². The number of aliphatic hydroxyl groups excluding tert-OH is 1. The Morgan fingerprint density at radius 1 is 0.895 bits per heavy atom. The molecular weight excluding hydrogens is 474 g/mol. The molecule has 38 heavy (non-hydrogen) atoms. The highest BCUT2D eigenvalue weighted by atomic mass is 16.3. The minimum absolute atomic E-state index is 0.0814. The van der Waals surface area contributed by atoms with Crippen LogP contribution in [0.1, 0.15) is 51.2 Å². The predicted molar refractivity (Wildman–Crippen MR) is 148 cm³/mol.